The van der Waals surface area contributed by atoms with Gasteiger partial charge < -0.3 is 5.73 Å². The number of likely N-dealkylation sites (tertiary alicyclic amines) is 1. The highest BCUT2D eigenvalue weighted by molar-refractivity contribution is 5.78. The molecule has 1 fully saturated rings. The maximum Gasteiger partial charge on any atom is 0.133 e. The average molecular weight is 156 g/mol. The molecule has 11 heavy (non-hydrogen) atoms. The van der Waals surface area contributed by atoms with Crippen molar-refractivity contribution in [3.8, 4) is 0 Å². The number of piperidine rings is 1. The topological polar surface area (TPSA) is 46.3 Å². The third kappa shape index (κ3) is 2.27. The first kappa shape index (κ1) is 8.68. The second-order valence-electron chi connectivity index (χ2n) is 3.19. The van der Waals surface area contributed by atoms with Crippen molar-refractivity contribution in [2.24, 2.45) is 11.7 Å². The summed E-state index contributed by atoms with van der Waals surface area (Å²) in [5.74, 6) is 0.638. The van der Waals surface area contributed by atoms with E-state index in [4.69, 9.17) is 5.73 Å². The number of rotatable bonds is 2. The lowest BCUT2D eigenvalue weighted by Gasteiger charge is -2.29. The summed E-state index contributed by atoms with van der Waals surface area (Å²) in [6.07, 6.45) is 1.99. The Morgan fingerprint density at radius 1 is 1.55 bits per heavy atom. The predicted octanol–water partition coefficient (Wildman–Crippen LogP) is 0.204. The van der Waals surface area contributed by atoms with Crippen LogP contribution in [-0.2, 0) is 4.79 Å². The van der Waals surface area contributed by atoms with Crippen LogP contribution in [-0.4, -0.2) is 30.4 Å². The molecule has 0 aromatic rings. The van der Waals surface area contributed by atoms with Crippen molar-refractivity contribution >= 4 is 5.78 Å². The van der Waals surface area contributed by atoms with Gasteiger partial charge in [0.15, 0.2) is 0 Å². The molecule has 0 atom stereocenters. The van der Waals surface area contributed by atoms with E-state index >= 15 is 0 Å². The van der Waals surface area contributed by atoms with Crippen LogP contribution in [0.25, 0.3) is 0 Å². The molecule has 0 unspecified atom stereocenters. The number of Topliss-reactive ketones (excluding diaryl/α,β-unsaturated/α-hetero) is 1. The Labute approximate surface area is 67.5 Å². The lowest BCUT2D eigenvalue weighted by Crippen LogP contribution is -2.39. The summed E-state index contributed by atoms with van der Waals surface area (Å²) < 4.78 is 0. The van der Waals surface area contributed by atoms with Crippen LogP contribution in [0.2, 0.25) is 0 Å². The quantitative estimate of drug-likeness (QED) is 0.621. The average Bonchev–Trinajstić information content (AvgIpc) is 2.05. The molecule has 1 saturated heterocycles. The molecule has 0 aromatic carbocycles. The zero-order valence-corrected chi connectivity index (χ0v) is 7.05. The number of hydrogen-bond donors (Lipinski definition) is 1. The highest BCUT2D eigenvalue weighted by Gasteiger charge is 2.20. The molecule has 0 aliphatic carbocycles. The first-order valence-corrected chi connectivity index (χ1v) is 4.17. The smallest absolute Gasteiger partial charge is 0.133 e. The van der Waals surface area contributed by atoms with E-state index in [1.165, 1.54) is 0 Å². The molecule has 64 valence electrons. The minimum absolute atomic E-state index is 0.304. The zero-order chi connectivity index (χ0) is 8.27. The van der Waals surface area contributed by atoms with E-state index in [9.17, 15) is 4.79 Å². The molecule has 2 N–H and O–H groups in total. The molecule has 0 saturated carbocycles. The molecule has 0 bridgehead atoms. The van der Waals surface area contributed by atoms with E-state index in [0.29, 0.717) is 18.4 Å². The molecule has 0 radical (unpaired) electrons. The summed E-state index contributed by atoms with van der Waals surface area (Å²) >= 11 is 0. The van der Waals surface area contributed by atoms with E-state index in [0.717, 1.165) is 25.9 Å². The Hall–Kier alpha value is -0.410. The fraction of sp³-hybridized carbons (Fsp3) is 0.875. The third-order valence-electron chi connectivity index (χ3n) is 2.42. The molecular formula is C8H16N2O. The minimum Gasteiger partial charge on any atom is -0.318 e. The van der Waals surface area contributed by atoms with Crippen molar-refractivity contribution in [1.29, 1.82) is 0 Å². The van der Waals surface area contributed by atoms with Crippen LogP contribution in [0.4, 0.5) is 0 Å². The monoisotopic (exact) mass is 156 g/mol. The summed E-state index contributed by atoms with van der Waals surface area (Å²) in [4.78, 5) is 13.1. The predicted molar refractivity (Wildman–Crippen MR) is 44.0 cm³/mol. The van der Waals surface area contributed by atoms with Crippen molar-refractivity contribution in [1.82, 2.24) is 4.90 Å². The van der Waals surface area contributed by atoms with Gasteiger partial charge in [-0.2, -0.15) is 0 Å². The lowest BCUT2D eigenvalue weighted by molar-refractivity contribution is -0.122. The first-order valence-electron chi connectivity index (χ1n) is 4.17. The van der Waals surface area contributed by atoms with Crippen LogP contribution < -0.4 is 5.73 Å². The third-order valence-corrected chi connectivity index (χ3v) is 2.42. The van der Waals surface area contributed by atoms with E-state index < -0.39 is 0 Å². The maximum atomic E-state index is 10.9. The van der Waals surface area contributed by atoms with Crippen LogP contribution in [0.15, 0.2) is 0 Å². The summed E-state index contributed by atoms with van der Waals surface area (Å²) in [6, 6.07) is 0. The van der Waals surface area contributed by atoms with Crippen molar-refractivity contribution in [3.05, 3.63) is 0 Å². The Balaban J connectivity index is 2.30. The molecule has 0 aromatic heterocycles. The molecule has 0 spiro atoms. The SMILES string of the molecule is CC(=O)C1CCN(CN)CC1. The van der Waals surface area contributed by atoms with Crippen molar-refractivity contribution in [2.75, 3.05) is 19.8 Å². The first-order chi connectivity index (χ1) is 5.24. The summed E-state index contributed by atoms with van der Waals surface area (Å²) in [5, 5.41) is 0. The molecule has 1 aliphatic rings. The van der Waals surface area contributed by atoms with Gasteiger partial charge in [-0.15, -0.1) is 0 Å². The van der Waals surface area contributed by atoms with Gasteiger partial charge in [-0.25, -0.2) is 0 Å². The van der Waals surface area contributed by atoms with E-state index in [1.54, 1.807) is 6.92 Å². The maximum absolute atomic E-state index is 10.9. The van der Waals surface area contributed by atoms with Gasteiger partial charge in [-0.05, 0) is 19.8 Å². The second-order valence-corrected chi connectivity index (χ2v) is 3.19. The fourth-order valence-corrected chi connectivity index (χ4v) is 1.52. The van der Waals surface area contributed by atoms with E-state index in [-0.39, 0.29) is 0 Å². The fourth-order valence-electron chi connectivity index (χ4n) is 1.52. The molecule has 3 heteroatoms. The second kappa shape index (κ2) is 3.83. The number of nitrogens with two attached hydrogens (primary N) is 1. The molecule has 1 aliphatic heterocycles. The van der Waals surface area contributed by atoms with Crippen LogP contribution in [0.3, 0.4) is 0 Å². The van der Waals surface area contributed by atoms with Crippen LogP contribution in [0.1, 0.15) is 19.8 Å². The molecule has 1 heterocycles. The van der Waals surface area contributed by atoms with Crippen molar-refractivity contribution in [2.45, 2.75) is 19.8 Å². The Bertz CT molecular complexity index is 139. The minimum atomic E-state index is 0.304. The van der Waals surface area contributed by atoms with E-state index in [1.807, 2.05) is 0 Å². The number of carbonyl (C=O) groups excluding carboxylic acids is 1. The Morgan fingerprint density at radius 2 is 2.09 bits per heavy atom. The van der Waals surface area contributed by atoms with Gasteiger partial charge in [0.25, 0.3) is 0 Å². The standard InChI is InChI=1S/C8H16N2O/c1-7(11)8-2-4-10(6-9)5-3-8/h8H,2-6,9H2,1H3. The zero-order valence-electron chi connectivity index (χ0n) is 7.05. The van der Waals surface area contributed by atoms with Crippen molar-refractivity contribution in [3.63, 3.8) is 0 Å². The number of ketones is 1. The van der Waals surface area contributed by atoms with Gasteiger partial charge in [0, 0.05) is 25.7 Å². The molecule has 0 amide bonds. The van der Waals surface area contributed by atoms with Gasteiger partial charge in [0.1, 0.15) is 5.78 Å². The number of hydrogen-bond acceptors (Lipinski definition) is 3. The van der Waals surface area contributed by atoms with Crippen LogP contribution in [0, 0.1) is 5.92 Å². The highest BCUT2D eigenvalue weighted by Crippen LogP contribution is 2.16. The molecule has 1 rings (SSSR count). The van der Waals surface area contributed by atoms with Gasteiger partial charge in [-0.3, -0.25) is 9.69 Å². The van der Waals surface area contributed by atoms with Crippen LogP contribution >= 0.6 is 0 Å². The van der Waals surface area contributed by atoms with Gasteiger partial charge in [0.05, 0.1) is 0 Å². The lowest BCUT2D eigenvalue weighted by atomic mass is 9.94. The Morgan fingerprint density at radius 3 is 2.45 bits per heavy atom. The van der Waals surface area contributed by atoms with Gasteiger partial charge in [-0.1, -0.05) is 0 Å². The number of carbonyl (C=O) groups is 1. The highest BCUT2D eigenvalue weighted by atomic mass is 16.1. The number of nitrogens with zero attached hydrogens (tertiary/aromatic N) is 1. The summed E-state index contributed by atoms with van der Waals surface area (Å²) in [7, 11) is 0. The largest absolute Gasteiger partial charge is 0.318 e. The van der Waals surface area contributed by atoms with Gasteiger partial charge >= 0.3 is 0 Å². The van der Waals surface area contributed by atoms with E-state index in [2.05, 4.69) is 4.90 Å². The summed E-state index contributed by atoms with van der Waals surface area (Å²) in [6.45, 7) is 4.29. The Kier molecular flexibility index (Phi) is 3.02. The van der Waals surface area contributed by atoms with Crippen LogP contribution in [0.5, 0.6) is 0 Å². The normalized spacial score (nSPS) is 22.0. The molecular weight excluding hydrogens is 140 g/mol. The summed E-state index contributed by atoms with van der Waals surface area (Å²) in [5.41, 5.74) is 5.47. The van der Waals surface area contributed by atoms with Gasteiger partial charge in [0.2, 0.25) is 0 Å². The molecule has 3 nitrogen and oxygen atoms in total. The van der Waals surface area contributed by atoms with Crippen molar-refractivity contribution < 1.29 is 4.79 Å².